The number of anilines is 2. The van der Waals surface area contributed by atoms with Gasteiger partial charge in [0.25, 0.3) is 0 Å². The van der Waals surface area contributed by atoms with Crippen molar-refractivity contribution < 1.29 is 42.1 Å². The van der Waals surface area contributed by atoms with Gasteiger partial charge in [0.1, 0.15) is 48.1 Å². The molecule has 7 rings (SSSR count). The average molecular weight is 846 g/mol. The first-order valence-electron chi connectivity index (χ1n) is 20.1. The van der Waals surface area contributed by atoms with Crippen LogP contribution in [-0.4, -0.2) is 99.6 Å². The Bertz CT molecular complexity index is 2300. The number of nitrogens with zero attached hydrogens (tertiary/aromatic N) is 8. The number of rotatable bonds is 16. The Labute approximate surface area is 350 Å². The van der Waals surface area contributed by atoms with Gasteiger partial charge < -0.3 is 39.2 Å². The third kappa shape index (κ3) is 10.0. The molecule has 17 nitrogen and oxygen atoms in total. The maximum atomic E-state index is 15.0. The number of halogens is 2. The quantitative estimate of drug-likeness (QED) is 0.108. The van der Waals surface area contributed by atoms with Gasteiger partial charge in [-0.25, -0.2) is 37.3 Å². The van der Waals surface area contributed by atoms with Crippen molar-refractivity contribution in [1.29, 1.82) is 0 Å². The minimum Gasteiger partial charge on any atom is -0.493 e. The smallest absolute Gasteiger partial charge is 0.493 e. The number of carbonyl (C=O) groups is 2. The Morgan fingerprint density at radius 1 is 0.902 bits per heavy atom. The van der Waals surface area contributed by atoms with Crippen LogP contribution in [0.25, 0.3) is 5.69 Å². The molecule has 2 aliphatic heterocycles. The first-order valence-corrected chi connectivity index (χ1v) is 20.1. The Morgan fingerprint density at radius 2 is 1.57 bits per heavy atom. The highest BCUT2D eigenvalue weighted by Gasteiger charge is 2.44. The van der Waals surface area contributed by atoms with Crippen molar-refractivity contribution in [2.45, 2.75) is 64.2 Å². The molecular formula is C42H49F2N9O8. The van der Waals surface area contributed by atoms with E-state index in [2.05, 4.69) is 25.0 Å². The molecule has 61 heavy (non-hydrogen) atoms. The van der Waals surface area contributed by atoms with Crippen LogP contribution in [0.15, 0.2) is 90.5 Å². The molecule has 2 fully saturated rings. The third-order valence-corrected chi connectivity index (χ3v) is 11.0. The molecule has 0 amide bonds. The SMILES string of the molecule is CC[C@@H]([C@H](C)OC(=O)OC(C)OC(=O)CN)n1ncn(-c2ccc(N3CCN(c4ccc(OC[C@@H]5CO[C@@](Cn6cncn6)(c6ccc(F)cc6F)C5)cc4)CC3)cc2)c1=O. The van der Waals surface area contributed by atoms with Crippen LogP contribution in [0.4, 0.5) is 25.0 Å². The fraction of sp³-hybridized carbons (Fsp3) is 0.429. The number of hydrogen-bond acceptors (Lipinski definition) is 14. The summed E-state index contributed by atoms with van der Waals surface area (Å²) in [7, 11) is 0. The number of ether oxygens (including phenoxy) is 5. The van der Waals surface area contributed by atoms with Crippen LogP contribution in [-0.2, 0) is 35.9 Å². The first kappa shape index (κ1) is 42.8. The molecule has 5 aromatic rings. The summed E-state index contributed by atoms with van der Waals surface area (Å²) in [6.45, 7) is 8.57. The lowest BCUT2D eigenvalue weighted by Gasteiger charge is -2.37. The van der Waals surface area contributed by atoms with Crippen molar-refractivity contribution in [2.24, 2.45) is 11.7 Å². The zero-order valence-electron chi connectivity index (χ0n) is 34.1. The van der Waals surface area contributed by atoms with Crippen molar-refractivity contribution in [3.05, 3.63) is 113 Å². The summed E-state index contributed by atoms with van der Waals surface area (Å²) in [4.78, 5) is 45.7. The van der Waals surface area contributed by atoms with E-state index >= 15 is 4.39 Å². The molecule has 19 heteroatoms. The second-order valence-electron chi connectivity index (χ2n) is 15.0. The largest absolute Gasteiger partial charge is 0.511 e. The van der Waals surface area contributed by atoms with Gasteiger partial charge in [-0.1, -0.05) is 13.0 Å². The van der Waals surface area contributed by atoms with Gasteiger partial charge in [-0.05, 0) is 74.4 Å². The van der Waals surface area contributed by atoms with Gasteiger partial charge in [0, 0.05) is 62.0 Å². The van der Waals surface area contributed by atoms with E-state index < -0.39 is 53.5 Å². The van der Waals surface area contributed by atoms with Crippen LogP contribution in [0, 0.1) is 17.6 Å². The van der Waals surface area contributed by atoms with Crippen LogP contribution in [0.3, 0.4) is 0 Å². The van der Waals surface area contributed by atoms with Gasteiger partial charge in [-0.15, -0.1) is 0 Å². The highest BCUT2D eigenvalue weighted by Crippen LogP contribution is 2.42. The van der Waals surface area contributed by atoms with E-state index in [1.807, 2.05) is 55.5 Å². The maximum absolute atomic E-state index is 15.0. The Balaban J connectivity index is 0.894. The van der Waals surface area contributed by atoms with Crippen LogP contribution >= 0.6 is 0 Å². The Kier molecular flexibility index (Phi) is 13.3. The molecule has 0 aliphatic carbocycles. The molecule has 0 saturated carbocycles. The maximum Gasteiger partial charge on any atom is 0.511 e. The normalized spacial score (nSPS) is 19.3. The van der Waals surface area contributed by atoms with Crippen molar-refractivity contribution in [2.75, 3.05) is 55.7 Å². The molecule has 4 heterocycles. The highest BCUT2D eigenvalue weighted by molar-refractivity contribution is 5.71. The van der Waals surface area contributed by atoms with Gasteiger partial charge in [0.05, 0.1) is 38.0 Å². The zero-order valence-corrected chi connectivity index (χ0v) is 34.1. The fourth-order valence-corrected chi connectivity index (χ4v) is 7.88. The second kappa shape index (κ2) is 18.9. The lowest BCUT2D eigenvalue weighted by Crippen LogP contribution is -2.46. The molecule has 2 aromatic heterocycles. The molecule has 0 bridgehead atoms. The molecule has 1 unspecified atom stereocenters. The molecule has 2 saturated heterocycles. The molecule has 0 spiro atoms. The molecule has 2 aliphatic rings. The number of aromatic nitrogens is 6. The van der Waals surface area contributed by atoms with Crippen molar-refractivity contribution in [3.63, 3.8) is 0 Å². The van der Waals surface area contributed by atoms with E-state index in [1.165, 1.54) is 41.0 Å². The molecule has 5 atom stereocenters. The molecule has 3 aromatic carbocycles. The molecule has 2 N–H and O–H groups in total. The fourth-order valence-electron chi connectivity index (χ4n) is 7.88. The highest BCUT2D eigenvalue weighted by atomic mass is 19.1. The van der Waals surface area contributed by atoms with Crippen LogP contribution in [0.5, 0.6) is 5.75 Å². The molecule has 0 radical (unpaired) electrons. The van der Waals surface area contributed by atoms with E-state index in [1.54, 1.807) is 17.9 Å². The second-order valence-corrected chi connectivity index (χ2v) is 15.0. The van der Waals surface area contributed by atoms with Gasteiger partial charge in [-0.2, -0.15) is 10.2 Å². The monoisotopic (exact) mass is 845 g/mol. The Hall–Kier alpha value is -6.34. The molecule has 324 valence electrons. The van der Waals surface area contributed by atoms with E-state index in [0.717, 1.165) is 43.6 Å². The number of carbonyl (C=O) groups excluding carboxylic acids is 2. The van der Waals surface area contributed by atoms with E-state index in [4.69, 9.17) is 29.4 Å². The average Bonchev–Trinajstić information content (AvgIpc) is 4.02. The Morgan fingerprint density at radius 3 is 2.20 bits per heavy atom. The van der Waals surface area contributed by atoms with E-state index in [9.17, 15) is 18.8 Å². The zero-order chi connectivity index (χ0) is 43.1. The summed E-state index contributed by atoms with van der Waals surface area (Å²) in [5.41, 5.74) is 6.79. The number of piperazine rings is 1. The molecular weight excluding hydrogens is 797 g/mol. The van der Waals surface area contributed by atoms with Crippen LogP contribution in [0.2, 0.25) is 0 Å². The summed E-state index contributed by atoms with van der Waals surface area (Å²) in [5, 5.41) is 8.50. The standard InChI is InChI=1S/C42H49F2N9O8/c1-4-38(28(2)59-41(56)61-29(3)60-39(54)21-45)53-40(55)52(27-48-53)34-8-6-32(7-9-34)49-15-17-50(18-16-49)33-10-12-35(13-11-33)57-22-30-20-42(58-23-30,24-51-26-46-25-47-51)36-14-5-31(43)19-37(36)44/h5-14,19,25-30,38H,4,15-18,20-24,45H2,1-3H3/t28-,29?,30+,38-,42-/m0/s1. The summed E-state index contributed by atoms with van der Waals surface area (Å²) in [6.07, 6.45) is 2.24. The van der Waals surface area contributed by atoms with Gasteiger partial charge in [-0.3, -0.25) is 4.79 Å². The van der Waals surface area contributed by atoms with Crippen LogP contribution < -0.4 is 26.0 Å². The predicted molar refractivity (Wildman–Crippen MR) is 217 cm³/mol. The topological polar surface area (TPSA) is 183 Å². The van der Waals surface area contributed by atoms with Crippen molar-refractivity contribution >= 4 is 23.5 Å². The summed E-state index contributed by atoms with van der Waals surface area (Å²) in [5.74, 6) is -1.38. The van der Waals surface area contributed by atoms with Crippen molar-refractivity contribution in [1.82, 2.24) is 29.1 Å². The predicted octanol–water partition coefficient (Wildman–Crippen LogP) is 4.58. The first-order chi connectivity index (χ1) is 29.4. The van der Waals surface area contributed by atoms with E-state index in [0.29, 0.717) is 37.5 Å². The summed E-state index contributed by atoms with van der Waals surface area (Å²) < 4.78 is 60.7. The number of esters is 1. The third-order valence-electron chi connectivity index (χ3n) is 11.0. The van der Waals surface area contributed by atoms with Crippen LogP contribution in [0.1, 0.15) is 45.2 Å². The van der Waals surface area contributed by atoms with Gasteiger partial charge in [0.15, 0.2) is 0 Å². The van der Waals surface area contributed by atoms with Gasteiger partial charge in [0.2, 0.25) is 6.29 Å². The van der Waals surface area contributed by atoms with Gasteiger partial charge >= 0.3 is 17.8 Å². The number of nitrogens with two attached hydrogens (primary N) is 1. The lowest BCUT2D eigenvalue weighted by molar-refractivity contribution is -0.167. The summed E-state index contributed by atoms with van der Waals surface area (Å²) >= 11 is 0. The minimum atomic E-state index is -1.19. The lowest BCUT2D eigenvalue weighted by atomic mass is 9.87. The minimum absolute atomic E-state index is 0.0383. The van der Waals surface area contributed by atoms with Crippen molar-refractivity contribution in [3.8, 4) is 11.4 Å². The summed E-state index contributed by atoms with van der Waals surface area (Å²) in [6, 6.07) is 18.6. The number of hydrogen-bond donors (Lipinski definition) is 1. The number of benzene rings is 3. The van der Waals surface area contributed by atoms with E-state index in [-0.39, 0.29) is 24.6 Å².